The van der Waals surface area contributed by atoms with Gasteiger partial charge in [0.1, 0.15) is 5.76 Å². The van der Waals surface area contributed by atoms with Crippen LogP contribution in [0.4, 0.5) is 5.69 Å². The van der Waals surface area contributed by atoms with Gasteiger partial charge >= 0.3 is 0 Å². The number of nitrogens with one attached hydrogen (secondary N) is 1. The van der Waals surface area contributed by atoms with Gasteiger partial charge in [0.25, 0.3) is 5.91 Å². The molecule has 0 spiro atoms. The molecule has 1 unspecified atom stereocenters. The molecular formula is C20H15N3O2S. The summed E-state index contributed by atoms with van der Waals surface area (Å²) in [4.78, 5) is 18.9. The van der Waals surface area contributed by atoms with Crippen LogP contribution in [-0.2, 0) is 0 Å². The van der Waals surface area contributed by atoms with E-state index in [-0.39, 0.29) is 12.1 Å². The highest BCUT2D eigenvalue weighted by molar-refractivity contribution is 7.21. The Morgan fingerprint density at radius 2 is 1.88 bits per heavy atom. The fourth-order valence-corrected chi connectivity index (χ4v) is 4.13. The molecule has 26 heavy (non-hydrogen) atoms. The summed E-state index contributed by atoms with van der Waals surface area (Å²) in [6.07, 6.45) is -0.347. The van der Waals surface area contributed by atoms with E-state index in [9.17, 15) is 4.79 Å². The van der Waals surface area contributed by atoms with Gasteiger partial charge in [0, 0.05) is 12.7 Å². The molecule has 1 N–H and O–H groups in total. The Balaban J connectivity index is 1.51. The number of thiazole rings is 1. The molecule has 5 rings (SSSR count). The molecule has 128 valence electrons. The third-order valence-corrected chi connectivity index (χ3v) is 5.61. The minimum Gasteiger partial charge on any atom is -0.454 e. The molecule has 3 heterocycles. The summed E-state index contributed by atoms with van der Waals surface area (Å²) in [5.74, 6) is 1.37. The van der Waals surface area contributed by atoms with Crippen LogP contribution in [-0.4, -0.2) is 22.8 Å². The quantitative estimate of drug-likeness (QED) is 0.560. The van der Waals surface area contributed by atoms with Crippen molar-refractivity contribution in [2.75, 3.05) is 12.4 Å². The van der Waals surface area contributed by atoms with E-state index in [0.717, 1.165) is 20.9 Å². The summed E-state index contributed by atoms with van der Waals surface area (Å²) in [7, 11) is 1.77. The van der Waals surface area contributed by atoms with Crippen molar-refractivity contribution in [1.82, 2.24) is 9.88 Å². The predicted molar refractivity (Wildman–Crippen MR) is 102 cm³/mol. The first-order valence-corrected chi connectivity index (χ1v) is 9.11. The van der Waals surface area contributed by atoms with E-state index in [4.69, 9.17) is 4.42 Å². The minimum absolute atomic E-state index is 0.0257. The molecule has 0 saturated heterocycles. The number of nitrogens with zero attached hydrogens (tertiary/aromatic N) is 2. The lowest BCUT2D eigenvalue weighted by atomic mass is 10.1. The predicted octanol–water partition coefficient (Wildman–Crippen LogP) is 4.75. The number of para-hydroxylation sites is 2. The van der Waals surface area contributed by atoms with E-state index in [0.29, 0.717) is 17.1 Å². The van der Waals surface area contributed by atoms with Gasteiger partial charge in [0.15, 0.2) is 16.9 Å². The lowest BCUT2D eigenvalue weighted by Gasteiger charge is -2.33. The molecule has 1 amide bonds. The van der Waals surface area contributed by atoms with Crippen LogP contribution in [0, 0.1) is 0 Å². The summed E-state index contributed by atoms with van der Waals surface area (Å²) >= 11 is 1.59. The van der Waals surface area contributed by atoms with E-state index in [1.165, 1.54) is 0 Å². The molecular weight excluding hydrogens is 346 g/mol. The van der Waals surface area contributed by atoms with Crippen molar-refractivity contribution in [2.24, 2.45) is 0 Å². The zero-order valence-electron chi connectivity index (χ0n) is 14.0. The van der Waals surface area contributed by atoms with Crippen molar-refractivity contribution in [3.05, 3.63) is 72.0 Å². The van der Waals surface area contributed by atoms with Crippen molar-refractivity contribution in [1.29, 1.82) is 0 Å². The topological polar surface area (TPSA) is 58.4 Å². The van der Waals surface area contributed by atoms with Crippen LogP contribution in [0.1, 0.15) is 22.3 Å². The summed E-state index contributed by atoms with van der Waals surface area (Å²) < 4.78 is 7.19. The zero-order valence-corrected chi connectivity index (χ0v) is 14.8. The van der Waals surface area contributed by atoms with Gasteiger partial charge in [-0.15, -0.1) is 11.3 Å². The van der Waals surface area contributed by atoms with Crippen LogP contribution in [0.2, 0.25) is 0 Å². The van der Waals surface area contributed by atoms with Crippen molar-refractivity contribution >= 4 is 33.1 Å². The Morgan fingerprint density at radius 3 is 2.77 bits per heavy atom. The summed E-state index contributed by atoms with van der Waals surface area (Å²) in [6, 6.07) is 19.3. The molecule has 2 aromatic carbocycles. The van der Waals surface area contributed by atoms with Crippen molar-refractivity contribution < 1.29 is 9.21 Å². The van der Waals surface area contributed by atoms with Gasteiger partial charge in [0.05, 0.1) is 15.8 Å². The standard InChI is InChI=1S/C20H15N3O2S/c1-23-18(21-13-7-3-2-6-12(13)20(23)24)15-10-11-16(25-15)19-22-14-8-4-5-9-17(14)26-19/h2-11,18,21H,1H3. The Bertz CT molecular complexity index is 1100. The third-order valence-electron chi connectivity index (χ3n) is 4.56. The Hall–Kier alpha value is -3.12. The van der Waals surface area contributed by atoms with Gasteiger partial charge in [0.2, 0.25) is 0 Å². The summed E-state index contributed by atoms with van der Waals surface area (Å²) in [5, 5.41) is 4.21. The van der Waals surface area contributed by atoms with E-state index in [1.54, 1.807) is 23.3 Å². The fraction of sp³-hybridized carbons (Fsp3) is 0.100. The molecule has 0 saturated carbocycles. The molecule has 0 fully saturated rings. The first-order valence-electron chi connectivity index (χ1n) is 8.29. The molecule has 5 nitrogen and oxygen atoms in total. The molecule has 0 radical (unpaired) electrons. The maximum Gasteiger partial charge on any atom is 0.257 e. The maximum atomic E-state index is 12.6. The molecule has 0 bridgehead atoms. The van der Waals surface area contributed by atoms with Crippen LogP contribution >= 0.6 is 11.3 Å². The Morgan fingerprint density at radius 1 is 1.08 bits per heavy atom. The van der Waals surface area contributed by atoms with E-state index < -0.39 is 0 Å². The van der Waals surface area contributed by atoms with Gasteiger partial charge in [-0.3, -0.25) is 4.79 Å². The van der Waals surface area contributed by atoms with Crippen LogP contribution < -0.4 is 5.32 Å². The number of carbonyl (C=O) groups excluding carboxylic acids is 1. The molecule has 0 aliphatic carbocycles. The van der Waals surface area contributed by atoms with Gasteiger partial charge in [-0.05, 0) is 36.4 Å². The summed E-state index contributed by atoms with van der Waals surface area (Å²) in [5.41, 5.74) is 2.45. The molecule has 1 aliphatic rings. The van der Waals surface area contributed by atoms with E-state index in [2.05, 4.69) is 10.3 Å². The van der Waals surface area contributed by atoms with Crippen LogP contribution in [0.3, 0.4) is 0 Å². The first-order chi connectivity index (χ1) is 12.7. The average Bonchev–Trinajstić information content (AvgIpc) is 3.31. The highest BCUT2D eigenvalue weighted by atomic mass is 32.1. The number of fused-ring (bicyclic) bond motifs is 2. The highest BCUT2D eigenvalue weighted by Gasteiger charge is 2.32. The fourth-order valence-electron chi connectivity index (χ4n) is 3.20. The third kappa shape index (κ3) is 2.30. The summed E-state index contributed by atoms with van der Waals surface area (Å²) in [6.45, 7) is 0. The van der Waals surface area contributed by atoms with Gasteiger partial charge in [-0.1, -0.05) is 24.3 Å². The number of aromatic nitrogens is 1. The zero-order chi connectivity index (χ0) is 17.7. The average molecular weight is 361 g/mol. The van der Waals surface area contributed by atoms with Crippen molar-refractivity contribution in [3.8, 4) is 10.8 Å². The van der Waals surface area contributed by atoms with Crippen LogP contribution in [0.5, 0.6) is 0 Å². The monoisotopic (exact) mass is 361 g/mol. The van der Waals surface area contributed by atoms with Crippen molar-refractivity contribution in [2.45, 2.75) is 6.17 Å². The number of hydrogen-bond donors (Lipinski definition) is 1. The highest BCUT2D eigenvalue weighted by Crippen LogP contribution is 2.36. The number of rotatable bonds is 2. The SMILES string of the molecule is CN1C(=O)c2ccccc2NC1c1ccc(-c2nc3ccccc3s2)o1. The number of anilines is 1. The second-order valence-corrected chi connectivity index (χ2v) is 7.23. The number of furan rings is 1. The molecule has 2 aromatic heterocycles. The normalized spacial score (nSPS) is 16.6. The number of hydrogen-bond acceptors (Lipinski definition) is 5. The number of carbonyl (C=O) groups is 1. The lowest BCUT2D eigenvalue weighted by Crippen LogP contribution is -2.39. The second kappa shape index (κ2) is 5.71. The smallest absolute Gasteiger partial charge is 0.257 e. The van der Waals surface area contributed by atoms with Crippen LogP contribution in [0.25, 0.3) is 21.0 Å². The largest absolute Gasteiger partial charge is 0.454 e. The van der Waals surface area contributed by atoms with Gasteiger partial charge < -0.3 is 14.6 Å². The molecule has 1 atom stereocenters. The van der Waals surface area contributed by atoms with Gasteiger partial charge in [-0.25, -0.2) is 4.98 Å². The van der Waals surface area contributed by atoms with Crippen molar-refractivity contribution in [3.63, 3.8) is 0 Å². The number of amides is 1. The Kier molecular flexibility index (Phi) is 3.33. The molecule has 4 aromatic rings. The lowest BCUT2D eigenvalue weighted by molar-refractivity contribution is 0.0719. The van der Waals surface area contributed by atoms with Gasteiger partial charge in [-0.2, -0.15) is 0 Å². The van der Waals surface area contributed by atoms with E-state index >= 15 is 0 Å². The maximum absolute atomic E-state index is 12.6. The van der Waals surface area contributed by atoms with Crippen LogP contribution in [0.15, 0.2) is 65.1 Å². The van der Waals surface area contributed by atoms with E-state index in [1.807, 2.05) is 60.7 Å². The number of benzene rings is 2. The minimum atomic E-state index is -0.347. The molecule has 6 heteroatoms. The molecule has 1 aliphatic heterocycles. The Labute approximate surface area is 153 Å². The first kappa shape index (κ1) is 15.2. The second-order valence-electron chi connectivity index (χ2n) is 6.20.